The van der Waals surface area contributed by atoms with Crippen LogP contribution in [0.3, 0.4) is 0 Å². The van der Waals surface area contributed by atoms with Gasteiger partial charge in [-0.1, -0.05) is 37.7 Å². The van der Waals surface area contributed by atoms with E-state index in [9.17, 15) is 23.2 Å². The molecular weight excluding hydrogens is 386 g/mol. The fourth-order valence-corrected chi connectivity index (χ4v) is 3.61. The third kappa shape index (κ3) is 3.91. The first-order valence-corrected chi connectivity index (χ1v) is 9.50. The molecule has 1 heterocycles. The summed E-state index contributed by atoms with van der Waals surface area (Å²) in [5, 5.41) is 2.67. The number of benzene rings is 2. The minimum absolute atomic E-state index is 0.277. The van der Waals surface area contributed by atoms with E-state index >= 15 is 0 Å². The lowest BCUT2D eigenvalue weighted by molar-refractivity contribution is -0.121. The van der Waals surface area contributed by atoms with E-state index in [-0.39, 0.29) is 17.0 Å². The normalized spacial score (nSPS) is 14.6. The number of carbonyl (C=O) groups excluding carboxylic acids is 3. The zero-order valence-corrected chi connectivity index (χ0v) is 16.0. The third-order valence-electron chi connectivity index (χ3n) is 4.35. The van der Waals surface area contributed by atoms with Crippen molar-refractivity contribution in [2.24, 2.45) is 5.92 Å². The Morgan fingerprint density at radius 1 is 0.964 bits per heavy atom. The van der Waals surface area contributed by atoms with E-state index in [1.165, 1.54) is 24.3 Å². The molecule has 1 aliphatic heterocycles. The molecule has 3 amide bonds. The summed E-state index contributed by atoms with van der Waals surface area (Å²) in [5.41, 5.74) is 0.949. The fraction of sp³-hybridized carbons (Fsp3) is 0.250. The van der Waals surface area contributed by atoms with Crippen LogP contribution in [0.1, 0.15) is 34.6 Å². The lowest BCUT2D eigenvalue weighted by Crippen LogP contribution is -2.50. The summed E-state index contributed by atoms with van der Waals surface area (Å²) < 4.78 is 24.8. The largest absolute Gasteiger partial charge is 0.324 e. The first-order chi connectivity index (χ1) is 13.3. The highest BCUT2D eigenvalue weighted by atomic mass is 32.2. The molecule has 146 valence electrons. The predicted molar refractivity (Wildman–Crippen MR) is 103 cm³/mol. The zero-order chi connectivity index (χ0) is 20.4. The van der Waals surface area contributed by atoms with Crippen LogP contribution in [0, 0.1) is 5.92 Å². The number of carbonyl (C=O) groups is 3. The van der Waals surface area contributed by atoms with Crippen molar-refractivity contribution in [2.45, 2.75) is 30.5 Å². The first-order valence-electron chi connectivity index (χ1n) is 8.62. The van der Waals surface area contributed by atoms with Gasteiger partial charge in [-0.3, -0.25) is 19.3 Å². The molecule has 0 fully saturated rings. The number of anilines is 1. The van der Waals surface area contributed by atoms with Gasteiger partial charge in [0.15, 0.2) is 0 Å². The van der Waals surface area contributed by atoms with Gasteiger partial charge < -0.3 is 5.32 Å². The quantitative estimate of drug-likeness (QED) is 0.577. The van der Waals surface area contributed by atoms with Crippen LogP contribution in [-0.2, 0) is 4.79 Å². The number of imide groups is 1. The van der Waals surface area contributed by atoms with Crippen molar-refractivity contribution < 1.29 is 23.2 Å². The molecule has 28 heavy (non-hydrogen) atoms. The summed E-state index contributed by atoms with van der Waals surface area (Å²) in [6.45, 7) is 3.49. The molecule has 8 heteroatoms. The van der Waals surface area contributed by atoms with Crippen molar-refractivity contribution >= 4 is 35.2 Å². The van der Waals surface area contributed by atoms with Crippen LogP contribution in [0.5, 0.6) is 0 Å². The summed E-state index contributed by atoms with van der Waals surface area (Å²) in [6, 6.07) is 11.4. The van der Waals surface area contributed by atoms with E-state index in [2.05, 4.69) is 5.32 Å². The van der Waals surface area contributed by atoms with Crippen molar-refractivity contribution in [2.75, 3.05) is 5.32 Å². The van der Waals surface area contributed by atoms with E-state index in [1.807, 2.05) is 0 Å². The van der Waals surface area contributed by atoms with Gasteiger partial charge in [0.25, 0.3) is 17.6 Å². The lowest BCUT2D eigenvalue weighted by Gasteiger charge is -2.28. The molecule has 1 aliphatic rings. The Hall–Kier alpha value is -2.74. The fourth-order valence-electron chi connectivity index (χ4n) is 3.11. The van der Waals surface area contributed by atoms with Gasteiger partial charge in [0.05, 0.1) is 11.1 Å². The smallest absolute Gasteiger partial charge is 0.288 e. The van der Waals surface area contributed by atoms with Crippen LogP contribution in [0.4, 0.5) is 14.5 Å². The lowest BCUT2D eigenvalue weighted by atomic mass is 10.0. The molecule has 1 N–H and O–H groups in total. The molecule has 0 saturated carbocycles. The van der Waals surface area contributed by atoms with Gasteiger partial charge in [0.2, 0.25) is 5.91 Å². The summed E-state index contributed by atoms with van der Waals surface area (Å²) in [5.74, 6) is -4.37. The maximum absolute atomic E-state index is 12.9. The Morgan fingerprint density at radius 3 is 1.96 bits per heavy atom. The number of hydrogen-bond acceptors (Lipinski definition) is 4. The highest BCUT2D eigenvalue weighted by molar-refractivity contribution is 7.99. The van der Waals surface area contributed by atoms with Crippen LogP contribution >= 0.6 is 11.8 Å². The van der Waals surface area contributed by atoms with Crippen LogP contribution in [-0.4, -0.2) is 34.4 Å². The number of halogens is 2. The Balaban J connectivity index is 1.80. The number of nitrogens with zero attached hydrogens (tertiary/aromatic N) is 1. The number of hydrogen-bond donors (Lipinski definition) is 1. The number of fused-ring (bicyclic) bond motifs is 1. The minimum atomic E-state index is -2.53. The molecule has 2 aromatic rings. The first kappa shape index (κ1) is 20.0. The SMILES string of the molecule is CC(C)C(C(=O)Nc1ccc(SC(F)F)cc1)N1C(=O)c2ccccc2C1=O. The molecule has 0 aromatic heterocycles. The van der Waals surface area contributed by atoms with Gasteiger partial charge in [-0.25, -0.2) is 0 Å². The zero-order valence-electron chi connectivity index (χ0n) is 15.2. The molecule has 2 aromatic carbocycles. The van der Waals surface area contributed by atoms with E-state index < -0.39 is 29.5 Å². The van der Waals surface area contributed by atoms with Crippen LogP contribution in [0.25, 0.3) is 0 Å². The molecule has 0 radical (unpaired) electrons. The van der Waals surface area contributed by atoms with Gasteiger partial charge >= 0.3 is 0 Å². The van der Waals surface area contributed by atoms with Crippen molar-refractivity contribution in [3.63, 3.8) is 0 Å². The topological polar surface area (TPSA) is 66.5 Å². The summed E-state index contributed by atoms with van der Waals surface area (Å²) in [4.78, 5) is 39.6. The molecule has 0 bridgehead atoms. The van der Waals surface area contributed by atoms with E-state index in [0.29, 0.717) is 22.3 Å². The number of rotatable bonds is 6. The molecule has 0 spiro atoms. The van der Waals surface area contributed by atoms with Gasteiger partial charge in [-0.15, -0.1) is 0 Å². The van der Waals surface area contributed by atoms with Gasteiger partial charge in [0.1, 0.15) is 6.04 Å². The molecule has 1 unspecified atom stereocenters. The summed E-state index contributed by atoms with van der Waals surface area (Å²) in [6.07, 6.45) is 0. The molecular formula is C20H18F2N2O3S. The van der Waals surface area contributed by atoms with Gasteiger partial charge in [-0.05, 0) is 42.3 Å². The molecule has 1 atom stereocenters. The molecule has 0 aliphatic carbocycles. The molecule has 0 saturated heterocycles. The van der Waals surface area contributed by atoms with Crippen molar-refractivity contribution in [3.8, 4) is 0 Å². The second-order valence-electron chi connectivity index (χ2n) is 6.61. The van der Waals surface area contributed by atoms with Gasteiger partial charge in [-0.2, -0.15) is 8.78 Å². The highest BCUT2D eigenvalue weighted by Crippen LogP contribution is 2.29. The van der Waals surface area contributed by atoms with E-state index in [0.717, 1.165) is 4.90 Å². The Bertz CT molecular complexity index is 881. The Labute approximate surface area is 165 Å². The van der Waals surface area contributed by atoms with E-state index in [1.54, 1.807) is 38.1 Å². The molecule has 3 rings (SSSR count). The standard InChI is InChI=1S/C20H18F2N2O3S/c1-11(2)16(24-18(26)14-5-3-4-6-15(14)19(24)27)17(25)23-12-7-9-13(10-8-12)28-20(21)22/h3-11,16,20H,1-2H3,(H,23,25). The van der Waals surface area contributed by atoms with E-state index in [4.69, 9.17) is 0 Å². The van der Waals surface area contributed by atoms with Crippen LogP contribution < -0.4 is 5.32 Å². The van der Waals surface area contributed by atoms with Gasteiger partial charge in [0, 0.05) is 10.6 Å². The number of nitrogens with one attached hydrogen (secondary N) is 1. The second kappa shape index (κ2) is 8.10. The van der Waals surface area contributed by atoms with Crippen molar-refractivity contribution in [1.29, 1.82) is 0 Å². The Kier molecular flexibility index (Phi) is 5.79. The second-order valence-corrected chi connectivity index (χ2v) is 7.67. The van der Waals surface area contributed by atoms with Crippen molar-refractivity contribution in [1.82, 2.24) is 4.90 Å². The number of amides is 3. The average Bonchev–Trinajstić information content (AvgIpc) is 2.88. The maximum atomic E-state index is 12.9. The third-order valence-corrected chi connectivity index (χ3v) is 5.07. The minimum Gasteiger partial charge on any atom is -0.324 e. The number of thioether (sulfide) groups is 1. The highest BCUT2D eigenvalue weighted by Gasteiger charge is 2.43. The summed E-state index contributed by atoms with van der Waals surface area (Å²) in [7, 11) is 0. The maximum Gasteiger partial charge on any atom is 0.288 e. The average molecular weight is 404 g/mol. The predicted octanol–water partition coefficient (Wildman–Crippen LogP) is 4.26. The summed E-state index contributed by atoms with van der Waals surface area (Å²) >= 11 is 0.408. The van der Waals surface area contributed by atoms with Crippen molar-refractivity contribution in [3.05, 3.63) is 59.7 Å². The van der Waals surface area contributed by atoms with Crippen LogP contribution in [0.2, 0.25) is 0 Å². The monoisotopic (exact) mass is 404 g/mol. The van der Waals surface area contributed by atoms with Crippen LogP contribution in [0.15, 0.2) is 53.4 Å². The molecule has 5 nitrogen and oxygen atoms in total. The number of alkyl halides is 2. The Morgan fingerprint density at radius 2 is 1.50 bits per heavy atom.